The van der Waals surface area contributed by atoms with Crippen molar-refractivity contribution in [1.82, 2.24) is 0 Å². The zero-order valence-electron chi connectivity index (χ0n) is 10.0. The molecule has 1 rings (SSSR count). The van der Waals surface area contributed by atoms with Crippen LogP contribution in [0.25, 0.3) is 0 Å². The zero-order chi connectivity index (χ0) is 12.2. The number of carbonyl (C=O) groups is 1. The van der Waals surface area contributed by atoms with Crippen molar-refractivity contribution in [2.45, 2.75) is 57.7 Å². The summed E-state index contributed by atoms with van der Waals surface area (Å²) in [7, 11) is 0. The van der Waals surface area contributed by atoms with Gasteiger partial charge in [-0.1, -0.05) is 13.3 Å². The van der Waals surface area contributed by atoms with E-state index in [1.54, 1.807) is 6.92 Å². The number of esters is 1. The van der Waals surface area contributed by atoms with Gasteiger partial charge in [-0.2, -0.15) is 0 Å². The Morgan fingerprint density at radius 3 is 2.50 bits per heavy atom. The number of hydrogen-bond donors (Lipinski definition) is 1. The van der Waals surface area contributed by atoms with Crippen molar-refractivity contribution in [3.05, 3.63) is 0 Å². The zero-order valence-corrected chi connectivity index (χ0v) is 10.0. The number of aliphatic hydroxyl groups is 1. The van der Waals surface area contributed by atoms with E-state index in [2.05, 4.69) is 11.7 Å². The van der Waals surface area contributed by atoms with Crippen LogP contribution < -0.4 is 0 Å². The molecule has 1 atom stereocenters. The van der Waals surface area contributed by atoms with Gasteiger partial charge in [-0.05, 0) is 38.5 Å². The summed E-state index contributed by atoms with van der Waals surface area (Å²) in [5.74, 6) is -0.380. The van der Waals surface area contributed by atoms with E-state index in [0.29, 0.717) is 18.8 Å². The van der Waals surface area contributed by atoms with Crippen molar-refractivity contribution in [3.63, 3.8) is 0 Å². The first kappa shape index (κ1) is 13.4. The summed E-state index contributed by atoms with van der Waals surface area (Å²) in [5.41, 5.74) is -1.50. The SMILES string of the molecule is CCOC(=O)C(F)C1(O)CCC(CC)CC1. The van der Waals surface area contributed by atoms with Gasteiger partial charge < -0.3 is 9.84 Å². The van der Waals surface area contributed by atoms with E-state index in [4.69, 9.17) is 0 Å². The number of hydrogen-bond acceptors (Lipinski definition) is 3. The molecule has 0 saturated heterocycles. The summed E-state index contributed by atoms with van der Waals surface area (Å²) >= 11 is 0. The first-order chi connectivity index (χ1) is 7.53. The van der Waals surface area contributed by atoms with Crippen LogP contribution in [0.1, 0.15) is 46.0 Å². The van der Waals surface area contributed by atoms with Gasteiger partial charge in [0.2, 0.25) is 6.17 Å². The second-order valence-corrected chi connectivity index (χ2v) is 4.57. The number of halogens is 1. The summed E-state index contributed by atoms with van der Waals surface area (Å²) in [6.07, 6.45) is 1.42. The maximum atomic E-state index is 13.8. The Kier molecular flexibility index (Phi) is 4.71. The first-order valence-corrected chi connectivity index (χ1v) is 6.06. The third-order valence-electron chi connectivity index (χ3n) is 3.51. The number of rotatable bonds is 4. The van der Waals surface area contributed by atoms with Crippen molar-refractivity contribution in [3.8, 4) is 0 Å². The van der Waals surface area contributed by atoms with Crippen LogP contribution in [0.5, 0.6) is 0 Å². The molecule has 1 unspecified atom stereocenters. The molecule has 0 radical (unpaired) electrons. The van der Waals surface area contributed by atoms with Crippen LogP contribution in [0, 0.1) is 5.92 Å². The molecule has 1 saturated carbocycles. The summed E-state index contributed by atoms with van der Waals surface area (Å²) in [6.45, 7) is 3.86. The molecule has 94 valence electrons. The van der Waals surface area contributed by atoms with E-state index >= 15 is 0 Å². The van der Waals surface area contributed by atoms with Crippen molar-refractivity contribution >= 4 is 5.97 Å². The fourth-order valence-electron chi connectivity index (χ4n) is 2.27. The third-order valence-corrected chi connectivity index (χ3v) is 3.51. The van der Waals surface area contributed by atoms with Gasteiger partial charge in [-0.3, -0.25) is 0 Å². The molecule has 1 aliphatic carbocycles. The lowest BCUT2D eigenvalue weighted by Gasteiger charge is -2.36. The molecular formula is C12H21FO3. The van der Waals surface area contributed by atoms with Crippen molar-refractivity contribution in [1.29, 1.82) is 0 Å². The minimum absolute atomic E-state index is 0.146. The number of carbonyl (C=O) groups excluding carboxylic acids is 1. The Labute approximate surface area is 96.0 Å². The molecule has 0 aliphatic heterocycles. The Balaban J connectivity index is 2.55. The van der Waals surface area contributed by atoms with Gasteiger partial charge in [0.25, 0.3) is 0 Å². The highest BCUT2D eigenvalue weighted by atomic mass is 19.1. The predicted octanol–water partition coefficient (Wildman–Crippen LogP) is 2.22. The van der Waals surface area contributed by atoms with Gasteiger partial charge in [0.05, 0.1) is 6.61 Å². The Bertz CT molecular complexity index is 234. The second kappa shape index (κ2) is 5.62. The van der Waals surface area contributed by atoms with Crippen LogP contribution in [-0.2, 0) is 9.53 Å². The highest BCUT2D eigenvalue weighted by Gasteiger charge is 2.45. The van der Waals surface area contributed by atoms with E-state index in [1.165, 1.54) is 0 Å². The first-order valence-electron chi connectivity index (χ1n) is 6.06. The fraction of sp³-hybridized carbons (Fsp3) is 0.917. The van der Waals surface area contributed by atoms with Crippen LogP contribution in [0.2, 0.25) is 0 Å². The molecule has 1 aliphatic rings. The van der Waals surface area contributed by atoms with Crippen molar-refractivity contribution in [2.24, 2.45) is 5.92 Å². The smallest absolute Gasteiger partial charge is 0.343 e. The molecule has 0 aromatic rings. The Hall–Kier alpha value is -0.640. The minimum Gasteiger partial charge on any atom is -0.464 e. The molecule has 3 nitrogen and oxygen atoms in total. The van der Waals surface area contributed by atoms with Gasteiger partial charge >= 0.3 is 5.97 Å². The van der Waals surface area contributed by atoms with E-state index in [0.717, 1.165) is 19.3 Å². The van der Waals surface area contributed by atoms with Gasteiger partial charge in [0.1, 0.15) is 5.60 Å². The van der Waals surface area contributed by atoms with Crippen LogP contribution >= 0.6 is 0 Å². The molecule has 1 fully saturated rings. The van der Waals surface area contributed by atoms with Gasteiger partial charge in [0.15, 0.2) is 0 Å². The van der Waals surface area contributed by atoms with Crippen LogP contribution in [0.3, 0.4) is 0 Å². The molecule has 1 N–H and O–H groups in total. The van der Waals surface area contributed by atoms with Crippen LogP contribution in [0.15, 0.2) is 0 Å². The fourth-order valence-corrected chi connectivity index (χ4v) is 2.27. The molecule has 0 aromatic heterocycles. The molecule has 0 aromatic carbocycles. The quantitative estimate of drug-likeness (QED) is 0.756. The van der Waals surface area contributed by atoms with E-state index < -0.39 is 17.7 Å². The summed E-state index contributed by atoms with van der Waals surface area (Å²) in [5, 5.41) is 10.1. The molecular weight excluding hydrogens is 211 g/mol. The largest absolute Gasteiger partial charge is 0.464 e. The topological polar surface area (TPSA) is 46.5 Å². The van der Waals surface area contributed by atoms with E-state index in [1.807, 2.05) is 0 Å². The highest BCUT2D eigenvalue weighted by Crippen LogP contribution is 2.37. The monoisotopic (exact) mass is 232 g/mol. The van der Waals surface area contributed by atoms with Gasteiger partial charge in [-0.15, -0.1) is 0 Å². The van der Waals surface area contributed by atoms with E-state index in [9.17, 15) is 14.3 Å². The van der Waals surface area contributed by atoms with E-state index in [-0.39, 0.29) is 6.61 Å². The molecule has 0 bridgehead atoms. The van der Waals surface area contributed by atoms with Gasteiger partial charge in [0, 0.05) is 0 Å². The summed E-state index contributed by atoms with van der Waals surface area (Å²) < 4.78 is 18.4. The molecule has 0 spiro atoms. The van der Waals surface area contributed by atoms with Crippen LogP contribution in [-0.4, -0.2) is 29.5 Å². The summed E-state index contributed by atoms with van der Waals surface area (Å²) in [4.78, 5) is 11.2. The maximum Gasteiger partial charge on any atom is 0.343 e. The molecule has 16 heavy (non-hydrogen) atoms. The predicted molar refractivity (Wildman–Crippen MR) is 58.7 cm³/mol. The maximum absolute atomic E-state index is 13.8. The van der Waals surface area contributed by atoms with Gasteiger partial charge in [-0.25, -0.2) is 9.18 Å². The molecule has 0 amide bonds. The lowest BCUT2D eigenvalue weighted by molar-refractivity contribution is -0.164. The summed E-state index contributed by atoms with van der Waals surface area (Å²) in [6, 6.07) is 0. The number of alkyl halides is 1. The lowest BCUT2D eigenvalue weighted by atomic mass is 9.75. The number of ether oxygens (including phenoxy) is 1. The third kappa shape index (κ3) is 2.94. The molecule has 4 heteroatoms. The second-order valence-electron chi connectivity index (χ2n) is 4.57. The average molecular weight is 232 g/mol. The normalized spacial score (nSPS) is 32.1. The standard InChI is InChI=1S/C12H21FO3/c1-3-9-5-7-12(15,8-6-9)10(13)11(14)16-4-2/h9-10,15H,3-8H2,1-2H3. The van der Waals surface area contributed by atoms with Crippen LogP contribution in [0.4, 0.5) is 4.39 Å². The van der Waals surface area contributed by atoms with Crippen molar-refractivity contribution in [2.75, 3.05) is 6.61 Å². The minimum atomic E-state index is -1.90. The molecule has 0 heterocycles. The highest BCUT2D eigenvalue weighted by molar-refractivity contribution is 5.76. The average Bonchev–Trinajstić information content (AvgIpc) is 2.29. The Morgan fingerprint density at radius 2 is 2.06 bits per heavy atom. The van der Waals surface area contributed by atoms with Crippen molar-refractivity contribution < 1.29 is 19.0 Å². The Morgan fingerprint density at radius 1 is 1.50 bits per heavy atom. The lowest BCUT2D eigenvalue weighted by Crippen LogP contribution is -2.47.